The van der Waals surface area contributed by atoms with Gasteiger partial charge in [-0.15, -0.1) is 0 Å². The lowest BCUT2D eigenvalue weighted by Gasteiger charge is -2.16. The second-order valence-electron chi connectivity index (χ2n) is 5.69. The summed E-state index contributed by atoms with van der Waals surface area (Å²) in [5.41, 5.74) is -0.641. The lowest BCUT2D eigenvalue weighted by atomic mass is 10.2. The van der Waals surface area contributed by atoms with E-state index in [1.807, 2.05) is 6.92 Å². The number of alkyl halides is 3. The Morgan fingerprint density at radius 1 is 1.27 bits per heavy atom. The number of halogens is 4. The molecule has 1 aromatic heterocycles. The molecule has 0 aliphatic rings. The molecular weight excluding hydrogens is 369 g/mol. The van der Waals surface area contributed by atoms with Gasteiger partial charge in [-0.2, -0.15) is 13.2 Å². The number of carbonyl (C=O) groups excluding carboxylic acids is 1. The van der Waals surface area contributed by atoms with Crippen molar-refractivity contribution >= 4 is 29.0 Å². The number of carbonyl (C=O) groups is 1. The van der Waals surface area contributed by atoms with Gasteiger partial charge >= 0.3 is 6.18 Å². The maximum atomic E-state index is 12.9. The van der Waals surface area contributed by atoms with Crippen LogP contribution in [0.15, 0.2) is 30.6 Å². The third-order valence-corrected chi connectivity index (χ3v) is 3.95. The number of aromatic nitrogens is 2. The molecule has 0 aliphatic heterocycles. The van der Waals surface area contributed by atoms with E-state index in [1.165, 1.54) is 18.5 Å². The Kier molecular flexibility index (Phi) is 6.42. The van der Waals surface area contributed by atoms with E-state index in [4.69, 9.17) is 11.6 Å². The summed E-state index contributed by atoms with van der Waals surface area (Å²) in [6, 6.07) is 4.83. The number of hydrogen-bond acceptors (Lipinski definition) is 4. The number of unbranched alkanes of at least 4 members (excludes halogenated alkanes) is 1. The second kappa shape index (κ2) is 8.35. The number of amides is 1. The molecule has 0 saturated heterocycles. The molecule has 1 aromatic carbocycles. The summed E-state index contributed by atoms with van der Waals surface area (Å²) in [6.07, 6.45) is -1.57. The molecule has 2 rings (SSSR count). The Labute approximate surface area is 154 Å². The smallest absolute Gasteiger partial charge is 0.340 e. The van der Waals surface area contributed by atoms with Crippen LogP contribution in [0.4, 0.5) is 24.7 Å². The van der Waals surface area contributed by atoms with Crippen LogP contribution in [0.3, 0.4) is 0 Å². The van der Waals surface area contributed by atoms with Gasteiger partial charge in [-0.3, -0.25) is 4.79 Å². The Bertz CT molecular complexity index is 783. The van der Waals surface area contributed by atoms with Gasteiger partial charge in [0, 0.05) is 25.3 Å². The third kappa shape index (κ3) is 5.08. The average molecular weight is 387 g/mol. The zero-order valence-corrected chi connectivity index (χ0v) is 15.0. The summed E-state index contributed by atoms with van der Waals surface area (Å²) < 4.78 is 38.8. The molecule has 0 atom stereocenters. The van der Waals surface area contributed by atoms with Gasteiger partial charge < -0.3 is 10.2 Å². The molecule has 0 unspecified atom stereocenters. The van der Waals surface area contributed by atoms with Crippen molar-refractivity contribution in [3.8, 4) is 0 Å². The van der Waals surface area contributed by atoms with E-state index in [0.29, 0.717) is 6.54 Å². The van der Waals surface area contributed by atoms with Crippen molar-refractivity contribution in [2.45, 2.75) is 25.9 Å². The van der Waals surface area contributed by atoms with Gasteiger partial charge in [0.2, 0.25) is 0 Å². The predicted molar refractivity (Wildman–Crippen MR) is 93.6 cm³/mol. The molecule has 5 nitrogen and oxygen atoms in total. The molecule has 26 heavy (non-hydrogen) atoms. The standard InChI is InChI=1S/C17H18ClF3N4O/c1-3-4-7-25(2)16(26)14-9-15(23-10-22-14)24-11-5-6-13(18)12(8-11)17(19,20)21/h5-6,8-10H,3-4,7H2,1-2H3,(H,22,23,24). The lowest BCUT2D eigenvalue weighted by molar-refractivity contribution is -0.137. The van der Waals surface area contributed by atoms with Crippen molar-refractivity contribution in [2.24, 2.45) is 0 Å². The van der Waals surface area contributed by atoms with Gasteiger partial charge in [-0.05, 0) is 24.6 Å². The topological polar surface area (TPSA) is 58.1 Å². The van der Waals surface area contributed by atoms with E-state index >= 15 is 0 Å². The normalized spacial score (nSPS) is 11.3. The van der Waals surface area contributed by atoms with Crippen LogP contribution >= 0.6 is 11.6 Å². The highest BCUT2D eigenvalue weighted by Gasteiger charge is 2.33. The third-order valence-electron chi connectivity index (χ3n) is 3.62. The zero-order chi connectivity index (χ0) is 19.3. The van der Waals surface area contributed by atoms with Crippen LogP contribution in [-0.2, 0) is 6.18 Å². The Balaban J connectivity index is 2.20. The van der Waals surface area contributed by atoms with Crippen molar-refractivity contribution in [1.29, 1.82) is 0 Å². The molecule has 0 spiro atoms. The predicted octanol–water partition coefficient (Wildman–Crippen LogP) is 4.76. The molecule has 0 aliphatic carbocycles. The summed E-state index contributed by atoms with van der Waals surface area (Å²) in [6.45, 7) is 2.61. The maximum absolute atomic E-state index is 12.9. The van der Waals surface area contributed by atoms with Gasteiger partial charge in [0.15, 0.2) is 0 Å². The fourth-order valence-corrected chi connectivity index (χ4v) is 2.43. The first-order valence-corrected chi connectivity index (χ1v) is 8.31. The van der Waals surface area contributed by atoms with Gasteiger partial charge in [-0.1, -0.05) is 24.9 Å². The largest absolute Gasteiger partial charge is 0.417 e. The molecule has 1 heterocycles. The molecule has 0 saturated carbocycles. The van der Waals surface area contributed by atoms with E-state index in [1.54, 1.807) is 11.9 Å². The SMILES string of the molecule is CCCCN(C)C(=O)c1cc(Nc2ccc(Cl)c(C(F)(F)F)c2)ncn1. The molecular formula is C17H18ClF3N4O. The molecule has 1 amide bonds. The maximum Gasteiger partial charge on any atom is 0.417 e. The first-order chi connectivity index (χ1) is 12.2. The lowest BCUT2D eigenvalue weighted by Crippen LogP contribution is -2.28. The molecule has 2 aromatic rings. The number of nitrogens with one attached hydrogen (secondary N) is 1. The zero-order valence-electron chi connectivity index (χ0n) is 14.3. The quantitative estimate of drug-likeness (QED) is 0.777. The Morgan fingerprint density at radius 2 is 2.00 bits per heavy atom. The monoisotopic (exact) mass is 386 g/mol. The summed E-state index contributed by atoms with van der Waals surface area (Å²) in [5.74, 6) is -0.0707. The van der Waals surface area contributed by atoms with Crippen LogP contribution in [0.2, 0.25) is 5.02 Å². The van der Waals surface area contributed by atoms with Crippen LogP contribution in [-0.4, -0.2) is 34.4 Å². The van der Waals surface area contributed by atoms with Crippen LogP contribution in [0.1, 0.15) is 35.8 Å². The number of hydrogen-bond donors (Lipinski definition) is 1. The van der Waals surface area contributed by atoms with Crippen molar-refractivity contribution in [3.63, 3.8) is 0 Å². The first kappa shape index (κ1) is 20.0. The van der Waals surface area contributed by atoms with Crippen LogP contribution in [0.5, 0.6) is 0 Å². The van der Waals surface area contributed by atoms with Gasteiger partial charge in [-0.25, -0.2) is 9.97 Å². The minimum absolute atomic E-state index is 0.151. The van der Waals surface area contributed by atoms with Gasteiger partial charge in [0.05, 0.1) is 10.6 Å². The highest BCUT2D eigenvalue weighted by Crippen LogP contribution is 2.36. The summed E-state index contributed by atoms with van der Waals surface area (Å²) in [5, 5.41) is 2.35. The van der Waals surface area contributed by atoms with Crippen LogP contribution < -0.4 is 5.32 Å². The fraction of sp³-hybridized carbons (Fsp3) is 0.353. The van der Waals surface area contributed by atoms with E-state index in [0.717, 1.165) is 25.0 Å². The second-order valence-corrected chi connectivity index (χ2v) is 6.09. The minimum atomic E-state index is -4.57. The van der Waals surface area contributed by atoms with E-state index < -0.39 is 11.7 Å². The van der Waals surface area contributed by atoms with Gasteiger partial charge in [0.25, 0.3) is 5.91 Å². The van der Waals surface area contributed by atoms with E-state index in [2.05, 4.69) is 15.3 Å². The highest BCUT2D eigenvalue weighted by molar-refractivity contribution is 6.31. The van der Waals surface area contributed by atoms with E-state index in [-0.39, 0.29) is 28.1 Å². The number of nitrogens with zero attached hydrogens (tertiary/aromatic N) is 3. The molecule has 9 heteroatoms. The van der Waals surface area contributed by atoms with Crippen molar-refractivity contribution in [2.75, 3.05) is 18.9 Å². The average Bonchev–Trinajstić information content (AvgIpc) is 2.60. The van der Waals surface area contributed by atoms with Gasteiger partial charge in [0.1, 0.15) is 17.8 Å². The number of rotatable bonds is 6. The Morgan fingerprint density at radius 3 is 2.65 bits per heavy atom. The molecule has 140 valence electrons. The Hall–Kier alpha value is -2.35. The fourth-order valence-electron chi connectivity index (χ4n) is 2.20. The van der Waals surface area contributed by atoms with Crippen LogP contribution in [0.25, 0.3) is 0 Å². The number of benzene rings is 1. The minimum Gasteiger partial charge on any atom is -0.340 e. The number of anilines is 2. The van der Waals surface area contributed by atoms with Crippen molar-refractivity contribution in [1.82, 2.24) is 14.9 Å². The summed E-state index contributed by atoms with van der Waals surface area (Å²) >= 11 is 5.60. The molecule has 0 bridgehead atoms. The molecule has 1 N–H and O–H groups in total. The summed E-state index contributed by atoms with van der Waals surface area (Å²) in [4.78, 5) is 21.8. The molecule has 0 radical (unpaired) electrons. The highest BCUT2D eigenvalue weighted by atomic mass is 35.5. The van der Waals surface area contributed by atoms with Crippen LogP contribution in [0, 0.1) is 0 Å². The summed E-state index contributed by atoms with van der Waals surface area (Å²) in [7, 11) is 1.67. The van der Waals surface area contributed by atoms with E-state index in [9.17, 15) is 18.0 Å². The molecule has 0 fully saturated rings. The first-order valence-electron chi connectivity index (χ1n) is 7.93. The van der Waals surface area contributed by atoms with Crippen molar-refractivity contribution < 1.29 is 18.0 Å². The van der Waals surface area contributed by atoms with Crippen molar-refractivity contribution in [3.05, 3.63) is 46.9 Å².